The number of hydrogen-bond acceptors (Lipinski definition) is 3. The maximum atomic E-state index is 12.5. The molecule has 100 valence electrons. The Balaban J connectivity index is 1.62. The second kappa shape index (κ2) is 4.46. The zero-order valence-electron chi connectivity index (χ0n) is 10.7. The van der Waals surface area contributed by atoms with Gasteiger partial charge in [-0.3, -0.25) is 9.69 Å². The van der Waals surface area contributed by atoms with Crippen LogP contribution < -0.4 is 5.73 Å². The van der Waals surface area contributed by atoms with Crippen LogP contribution in [0.5, 0.6) is 0 Å². The molecule has 5 heteroatoms. The third-order valence-corrected chi connectivity index (χ3v) is 5.13. The molecule has 1 unspecified atom stereocenters. The summed E-state index contributed by atoms with van der Waals surface area (Å²) >= 11 is 5.06. The molecule has 1 atom stereocenters. The van der Waals surface area contributed by atoms with Crippen molar-refractivity contribution in [3.05, 3.63) is 0 Å². The Bertz CT molecular complexity index is 374. The lowest BCUT2D eigenvalue weighted by Crippen LogP contribution is -2.43. The van der Waals surface area contributed by atoms with Gasteiger partial charge in [-0.25, -0.2) is 0 Å². The van der Waals surface area contributed by atoms with E-state index < -0.39 is 5.41 Å². The fourth-order valence-electron chi connectivity index (χ4n) is 3.32. The van der Waals surface area contributed by atoms with Gasteiger partial charge in [0.05, 0.1) is 10.4 Å². The van der Waals surface area contributed by atoms with Gasteiger partial charge >= 0.3 is 0 Å². The van der Waals surface area contributed by atoms with Crippen molar-refractivity contribution in [2.75, 3.05) is 26.2 Å². The predicted molar refractivity (Wildman–Crippen MR) is 74.2 cm³/mol. The van der Waals surface area contributed by atoms with Gasteiger partial charge in [-0.1, -0.05) is 12.2 Å². The van der Waals surface area contributed by atoms with Crippen molar-refractivity contribution >= 4 is 23.1 Å². The van der Waals surface area contributed by atoms with Crippen LogP contribution in [0, 0.1) is 5.41 Å². The third-order valence-electron chi connectivity index (χ3n) is 4.74. The highest BCUT2D eigenvalue weighted by atomic mass is 32.1. The van der Waals surface area contributed by atoms with Gasteiger partial charge in [0.2, 0.25) is 5.91 Å². The van der Waals surface area contributed by atoms with E-state index in [2.05, 4.69) is 4.90 Å². The largest absolute Gasteiger partial charge is 0.392 e. The molecule has 4 nitrogen and oxygen atoms in total. The van der Waals surface area contributed by atoms with Crippen molar-refractivity contribution in [1.82, 2.24) is 9.80 Å². The molecule has 2 saturated heterocycles. The van der Waals surface area contributed by atoms with Gasteiger partial charge in [0.1, 0.15) is 0 Å². The molecule has 2 N–H and O–H groups in total. The molecule has 0 radical (unpaired) electrons. The highest BCUT2D eigenvalue weighted by Crippen LogP contribution is 2.48. The van der Waals surface area contributed by atoms with Gasteiger partial charge in [-0.05, 0) is 45.2 Å². The van der Waals surface area contributed by atoms with E-state index in [1.54, 1.807) is 0 Å². The number of thiocarbonyl (C=S) groups is 1. The molecule has 3 rings (SSSR count). The Kier molecular flexibility index (Phi) is 3.06. The second-order valence-electron chi connectivity index (χ2n) is 5.88. The van der Waals surface area contributed by atoms with Crippen LogP contribution in [0.4, 0.5) is 0 Å². The van der Waals surface area contributed by atoms with E-state index >= 15 is 0 Å². The van der Waals surface area contributed by atoms with E-state index in [-0.39, 0.29) is 5.91 Å². The number of hydrogen-bond donors (Lipinski definition) is 1. The van der Waals surface area contributed by atoms with Crippen LogP contribution in [0.3, 0.4) is 0 Å². The van der Waals surface area contributed by atoms with Crippen LogP contribution in [0.1, 0.15) is 32.1 Å². The van der Waals surface area contributed by atoms with Gasteiger partial charge in [-0.2, -0.15) is 0 Å². The Morgan fingerprint density at radius 2 is 1.89 bits per heavy atom. The minimum atomic E-state index is -0.463. The standard InChI is InChI=1S/C13H21N3OS/c14-11(18)13(4-5-13)12(17)16-8-3-10(9-16)15-6-1-2-7-15/h10H,1-9H2,(H2,14,18). The molecule has 18 heavy (non-hydrogen) atoms. The fraction of sp³-hybridized carbons (Fsp3) is 0.846. The molecule has 1 amide bonds. The molecular formula is C13H21N3OS. The van der Waals surface area contributed by atoms with E-state index in [9.17, 15) is 4.79 Å². The summed E-state index contributed by atoms with van der Waals surface area (Å²) < 4.78 is 0. The first-order valence-corrected chi connectivity index (χ1v) is 7.38. The summed E-state index contributed by atoms with van der Waals surface area (Å²) in [5, 5.41) is 0. The van der Waals surface area contributed by atoms with Gasteiger partial charge in [0.25, 0.3) is 0 Å². The average Bonchev–Trinajstić information content (AvgIpc) is 2.80. The number of rotatable bonds is 3. The van der Waals surface area contributed by atoms with Gasteiger partial charge in [-0.15, -0.1) is 0 Å². The van der Waals surface area contributed by atoms with Crippen molar-refractivity contribution in [1.29, 1.82) is 0 Å². The lowest BCUT2D eigenvalue weighted by molar-refractivity contribution is -0.133. The Labute approximate surface area is 113 Å². The van der Waals surface area contributed by atoms with Crippen LogP contribution in [0.25, 0.3) is 0 Å². The normalized spacial score (nSPS) is 30.7. The fourth-order valence-corrected chi connectivity index (χ4v) is 3.62. The lowest BCUT2D eigenvalue weighted by atomic mass is 10.1. The maximum Gasteiger partial charge on any atom is 0.235 e. The minimum Gasteiger partial charge on any atom is -0.392 e. The van der Waals surface area contributed by atoms with E-state index in [1.807, 2.05) is 4.90 Å². The quantitative estimate of drug-likeness (QED) is 0.767. The summed E-state index contributed by atoms with van der Waals surface area (Å²) in [6.07, 6.45) is 5.43. The number of likely N-dealkylation sites (tertiary alicyclic amines) is 2. The molecule has 2 aliphatic heterocycles. The minimum absolute atomic E-state index is 0.191. The van der Waals surface area contributed by atoms with E-state index in [0.29, 0.717) is 11.0 Å². The van der Waals surface area contributed by atoms with E-state index in [0.717, 1.165) is 32.4 Å². The number of nitrogens with zero attached hydrogens (tertiary/aromatic N) is 2. The average molecular weight is 267 g/mol. The molecule has 1 aliphatic carbocycles. The van der Waals surface area contributed by atoms with Crippen LogP contribution >= 0.6 is 12.2 Å². The first-order chi connectivity index (χ1) is 8.63. The van der Waals surface area contributed by atoms with Crippen molar-refractivity contribution in [2.24, 2.45) is 11.1 Å². The van der Waals surface area contributed by atoms with Crippen molar-refractivity contribution in [3.63, 3.8) is 0 Å². The maximum absolute atomic E-state index is 12.5. The first-order valence-electron chi connectivity index (χ1n) is 6.97. The molecule has 3 fully saturated rings. The molecule has 3 aliphatic rings. The molecular weight excluding hydrogens is 246 g/mol. The van der Waals surface area contributed by atoms with Crippen LogP contribution in [0.2, 0.25) is 0 Å². The number of carbonyl (C=O) groups is 1. The zero-order valence-corrected chi connectivity index (χ0v) is 11.5. The van der Waals surface area contributed by atoms with Crippen LogP contribution in [-0.2, 0) is 4.79 Å². The van der Waals surface area contributed by atoms with Crippen molar-refractivity contribution < 1.29 is 4.79 Å². The van der Waals surface area contributed by atoms with Gasteiger partial charge in [0.15, 0.2) is 0 Å². The summed E-state index contributed by atoms with van der Waals surface area (Å²) in [5.41, 5.74) is 5.27. The summed E-state index contributed by atoms with van der Waals surface area (Å²) in [4.78, 5) is 17.4. The van der Waals surface area contributed by atoms with Gasteiger partial charge < -0.3 is 10.6 Å². The number of amides is 1. The molecule has 0 aromatic carbocycles. The number of nitrogens with two attached hydrogens (primary N) is 1. The van der Waals surface area contributed by atoms with E-state index in [4.69, 9.17) is 18.0 Å². The summed E-state index contributed by atoms with van der Waals surface area (Å²) in [5.74, 6) is 0.191. The SMILES string of the molecule is NC(=S)C1(C(=O)N2CCC(N3CCCC3)C2)CC1. The Morgan fingerprint density at radius 1 is 1.22 bits per heavy atom. The molecule has 0 aromatic heterocycles. The number of carbonyl (C=O) groups excluding carboxylic acids is 1. The second-order valence-corrected chi connectivity index (χ2v) is 6.32. The van der Waals surface area contributed by atoms with Crippen LogP contribution in [0.15, 0.2) is 0 Å². The molecule has 1 saturated carbocycles. The highest BCUT2D eigenvalue weighted by Gasteiger charge is 2.55. The molecule has 0 aromatic rings. The molecule has 0 bridgehead atoms. The smallest absolute Gasteiger partial charge is 0.235 e. The Hall–Kier alpha value is -0.680. The zero-order chi connectivity index (χ0) is 12.8. The summed E-state index contributed by atoms with van der Waals surface area (Å²) in [7, 11) is 0. The van der Waals surface area contributed by atoms with Crippen molar-refractivity contribution in [2.45, 2.75) is 38.1 Å². The molecule has 0 spiro atoms. The van der Waals surface area contributed by atoms with Crippen LogP contribution in [-0.4, -0.2) is 52.9 Å². The summed E-state index contributed by atoms with van der Waals surface area (Å²) in [6.45, 7) is 4.16. The first kappa shape index (κ1) is 12.4. The van der Waals surface area contributed by atoms with Crippen molar-refractivity contribution in [3.8, 4) is 0 Å². The lowest BCUT2D eigenvalue weighted by Gasteiger charge is -2.25. The predicted octanol–water partition coefficient (Wildman–Crippen LogP) is 0.749. The topological polar surface area (TPSA) is 49.6 Å². The monoisotopic (exact) mass is 267 g/mol. The molecule has 2 heterocycles. The van der Waals surface area contributed by atoms with Gasteiger partial charge in [0, 0.05) is 19.1 Å². The van der Waals surface area contributed by atoms with E-state index in [1.165, 1.54) is 25.9 Å². The third kappa shape index (κ3) is 1.93. The Morgan fingerprint density at radius 3 is 2.44 bits per heavy atom. The summed E-state index contributed by atoms with van der Waals surface area (Å²) in [6, 6.07) is 0.568. The highest BCUT2D eigenvalue weighted by molar-refractivity contribution is 7.80.